The zero-order valence-corrected chi connectivity index (χ0v) is 16.2. The smallest absolute Gasteiger partial charge is 0.272 e. The first-order chi connectivity index (χ1) is 14.2. The summed E-state index contributed by atoms with van der Waals surface area (Å²) < 4.78 is 1.60. The first-order valence-corrected chi connectivity index (χ1v) is 10.1. The van der Waals surface area contributed by atoms with Crippen LogP contribution in [0.25, 0.3) is 16.6 Å². The molecule has 0 aliphatic heterocycles. The van der Waals surface area contributed by atoms with Crippen LogP contribution in [-0.2, 0) is 13.1 Å². The molecule has 0 radical (unpaired) electrons. The Morgan fingerprint density at radius 2 is 2.14 bits per heavy atom. The van der Waals surface area contributed by atoms with Gasteiger partial charge in [0.1, 0.15) is 0 Å². The lowest BCUT2D eigenvalue weighted by molar-refractivity contribution is 0.0945. The molecular formula is C22H24N6O. The van der Waals surface area contributed by atoms with Crippen LogP contribution in [0.5, 0.6) is 0 Å². The van der Waals surface area contributed by atoms with E-state index in [-0.39, 0.29) is 5.91 Å². The van der Waals surface area contributed by atoms with Crippen LogP contribution in [-0.4, -0.2) is 32.0 Å². The highest BCUT2D eigenvalue weighted by Crippen LogP contribution is 2.25. The highest BCUT2D eigenvalue weighted by atomic mass is 16.1. The number of fused-ring (bicyclic) bond motifs is 2. The first kappa shape index (κ1) is 17.9. The van der Waals surface area contributed by atoms with Gasteiger partial charge in [-0.2, -0.15) is 5.10 Å². The van der Waals surface area contributed by atoms with Gasteiger partial charge in [-0.15, -0.1) is 0 Å². The molecule has 3 heterocycles. The minimum Gasteiger partial charge on any atom is -0.357 e. The molecule has 1 saturated carbocycles. The Morgan fingerprint density at radius 3 is 2.97 bits per heavy atom. The van der Waals surface area contributed by atoms with Crippen molar-refractivity contribution < 1.29 is 4.79 Å². The van der Waals surface area contributed by atoms with Crippen LogP contribution < -0.4 is 10.6 Å². The van der Waals surface area contributed by atoms with Crippen molar-refractivity contribution in [3.63, 3.8) is 0 Å². The highest BCUT2D eigenvalue weighted by Gasteiger charge is 2.16. The Hall–Kier alpha value is -3.19. The number of nitrogens with zero attached hydrogens (tertiary/aromatic N) is 3. The quantitative estimate of drug-likeness (QED) is 0.454. The molecule has 3 aromatic heterocycles. The molecule has 29 heavy (non-hydrogen) atoms. The second-order valence-corrected chi connectivity index (χ2v) is 7.78. The van der Waals surface area contributed by atoms with Gasteiger partial charge in [0, 0.05) is 42.8 Å². The minimum atomic E-state index is -0.206. The summed E-state index contributed by atoms with van der Waals surface area (Å²) in [6.07, 6.45) is 7.56. The monoisotopic (exact) mass is 388 g/mol. The van der Waals surface area contributed by atoms with Gasteiger partial charge in [0.2, 0.25) is 0 Å². The molecule has 1 amide bonds. The SMILES string of the molecule is O=C(NCc1ccc2cc(CNCC3CCC3)[nH]c2c1)c1cc2ncccn2n1. The van der Waals surface area contributed by atoms with Crippen molar-refractivity contribution in [1.29, 1.82) is 0 Å². The number of carbonyl (C=O) groups excluding carboxylic acids is 1. The minimum absolute atomic E-state index is 0.206. The molecular weight excluding hydrogens is 364 g/mol. The molecule has 0 bridgehead atoms. The van der Waals surface area contributed by atoms with Gasteiger partial charge in [-0.3, -0.25) is 4.79 Å². The number of aromatic amines is 1. The molecule has 3 N–H and O–H groups in total. The van der Waals surface area contributed by atoms with Crippen LogP contribution >= 0.6 is 0 Å². The van der Waals surface area contributed by atoms with E-state index in [1.54, 1.807) is 29.0 Å². The van der Waals surface area contributed by atoms with Crippen molar-refractivity contribution in [1.82, 2.24) is 30.2 Å². The molecule has 0 saturated heterocycles. The van der Waals surface area contributed by atoms with Crippen molar-refractivity contribution in [3.8, 4) is 0 Å². The Labute approximate surface area is 168 Å². The summed E-state index contributed by atoms with van der Waals surface area (Å²) in [4.78, 5) is 20.1. The van der Waals surface area contributed by atoms with Gasteiger partial charge in [0.25, 0.3) is 5.91 Å². The van der Waals surface area contributed by atoms with E-state index in [4.69, 9.17) is 0 Å². The van der Waals surface area contributed by atoms with Crippen LogP contribution in [0.3, 0.4) is 0 Å². The fraction of sp³-hybridized carbons (Fsp3) is 0.318. The maximum Gasteiger partial charge on any atom is 0.272 e. The normalized spacial score (nSPS) is 14.3. The Balaban J connectivity index is 1.21. The Bertz CT molecular complexity index is 1120. The van der Waals surface area contributed by atoms with Gasteiger partial charge in [-0.25, -0.2) is 9.50 Å². The van der Waals surface area contributed by atoms with Crippen LogP contribution in [0.1, 0.15) is 41.0 Å². The van der Waals surface area contributed by atoms with E-state index >= 15 is 0 Å². The summed E-state index contributed by atoms with van der Waals surface area (Å²) in [5.41, 5.74) is 4.35. The van der Waals surface area contributed by atoms with Gasteiger partial charge in [-0.1, -0.05) is 18.6 Å². The van der Waals surface area contributed by atoms with Crippen molar-refractivity contribution in [3.05, 3.63) is 65.7 Å². The lowest BCUT2D eigenvalue weighted by Crippen LogP contribution is -2.26. The van der Waals surface area contributed by atoms with Crippen LogP contribution in [0, 0.1) is 5.92 Å². The van der Waals surface area contributed by atoms with Gasteiger partial charge in [-0.05, 0) is 54.5 Å². The van der Waals surface area contributed by atoms with Gasteiger partial charge in [0.05, 0.1) is 0 Å². The zero-order chi connectivity index (χ0) is 19.6. The second kappa shape index (κ2) is 7.67. The number of hydrogen-bond acceptors (Lipinski definition) is 4. The number of benzene rings is 1. The molecule has 4 aromatic rings. The first-order valence-electron chi connectivity index (χ1n) is 10.1. The van der Waals surface area contributed by atoms with Gasteiger partial charge >= 0.3 is 0 Å². The number of amides is 1. The second-order valence-electron chi connectivity index (χ2n) is 7.78. The van der Waals surface area contributed by atoms with E-state index in [1.807, 2.05) is 6.07 Å². The van der Waals surface area contributed by atoms with Crippen LogP contribution in [0.4, 0.5) is 0 Å². The molecule has 1 aliphatic rings. The Kier molecular flexibility index (Phi) is 4.73. The van der Waals surface area contributed by atoms with E-state index in [0.717, 1.165) is 30.1 Å². The van der Waals surface area contributed by atoms with E-state index in [1.165, 1.54) is 30.3 Å². The van der Waals surface area contributed by atoms with Crippen molar-refractivity contribution in [2.75, 3.05) is 6.54 Å². The number of aromatic nitrogens is 4. The molecule has 1 fully saturated rings. The van der Waals surface area contributed by atoms with E-state index in [9.17, 15) is 4.79 Å². The summed E-state index contributed by atoms with van der Waals surface area (Å²) >= 11 is 0. The van der Waals surface area contributed by atoms with Crippen LogP contribution in [0.15, 0.2) is 48.8 Å². The molecule has 7 nitrogen and oxygen atoms in total. The van der Waals surface area contributed by atoms with E-state index < -0.39 is 0 Å². The van der Waals surface area contributed by atoms with Crippen molar-refractivity contribution in [2.45, 2.75) is 32.4 Å². The predicted octanol–water partition coefficient (Wildman–Crippen LogP) is 3.03. The average molecular weight is 388 g/mol. The number of nitrogens with one attached hydrogen (secondary N) is 3. The van der Waals surface area contributed by atoms with Crippen molar-refractivity contribution in [2.24, 2.45) is 5.92 Å². The number of carbonyl (C=O) groups is 1. The summed E-state index contributed by atoms with van der Waals surface area (Å²) in [5.74, 6) is 0.654. The molecule has 7 heteroatoms. The lowest BCUT2D eigenvalue weighted by atomic mass is 9.85. The third kappa shape index (κ3) is 3.86. The molecule has 1 aromatic carbocycles. The third-order valence-corrected chi connectivity index (χ3v) is 5.64. The lowest BCUT2D eigenvalue weighted by Gasteiger charge is -2.25. The average Bonchev–Trinajstić information content (AvgIpc) is 3.31. The molecule has 0 spiro atoms. The third-order valence-electron chi connectivity index (χ3n) is 5.64. The molecule has 0 atom stereocenters. The van der Waals surface area contributed by atoms with E-state index in [2.05, 4.69) is 43.9 Å². The van der Waals surface area contributed by atoms with E-state index in [0.29, 0.717) is 17.9 Å². The summed E-state index contributed by atoms with van der Waals surface area (Å²) in [6.45, 7) is 2.41. The fourth-order valence-electron chi connectivity index (χ4n) is 3.76. The summed E-state index contributed by atoms with van der Waals surface area (Å²) in [6, 6.07) is 11.9. The van der Waals surface area contributed by atoms with Crippen LogP contribution in [0.2, 0.25) is 0 Å². The topological polar surface area (TPSA) is 87.1 Å². The maximum atomic E-state index is 12.4. The maximum absolute atomic E-state index is 12.4. The summed E-state index contributed by atoms with van der Waals surface area (Å²) in [5, 5.41) is 11.9. The highest BCUT2D eigenvalue weighted by molar-refractivity contribution is 5.93. The Morgan fingerprint density at radius 1 is 1.21 bits per heavy atom. The van der Waals surface area contributed by atoms with Gasteiger partial charge < -0.3 is 15.6 Å². The molecule has 0 unspecified atom stereocenters. The van der Waals surface area contributed by atoms with Gasteiger partial charge in [0.15, 0.2) is 11.3 Å². The molecule has 5 rings (SSSR count). The standard InChI is InChI=1S/C22H24N6O/c29-22(20-11-21-24-7-2-8-28(21)27-20)25-13-16-5-6-17-10-18(26-19(17)9-16)14-23-12-15-3-1-4-15/h2,5-11,15,23,26H,1,3-4,12-14H2,(H,25,29). The molecule has 1 aliphatic carbocycles. The predicted molar refractivity (Wildman–Crippen MR) is 112 cm³/mol. The number of H-pyrrole nitrogens is 1. The molecule has 148 valence electrons. The zero-order valence-electron chi connectivity index (χ0n) is 16.2. The number of hydrogen-bond donors (Lipinski definition) is 3. The summed E-state index contributed by atoms with van der Waals surface area (Å²) in [7, 11) is 0. The number of rotatable bonds is 7. The fourth-order valence-corrected chi connectivity index (χ4v) is 3.76. The van der Waals surface area contributed by atoms with Crippen molar-refractivity contribution >= 4 is 22.5 Å². The largest absolute Gasteiger partial charge is 0.357 e.